The lowest BCUT2D eigenvalue weighted by molar-refractivity contribution is 0.154. The van der Waals surface area contributed by atoms with E-state index in [1.165, 1.54) is 6.33 Å². The molecule has 0 aromatic carbocycles. The van der Waals surface area contributed by atoms with Gasteiger partial charge in [0.1, 0.15) is 12.4 Å². The van der Waals surface area contributed by atoms with E-state index in [2.05, 4.69) is 15.3 Å². The van der Waals surface area contributed by atoms with Gasteiger partial charge in [0.2, 0.25) is 5.88 Å². The zero-order valence-electron chi connectivity index (χ0n) is 8.36. The van der Waals surface area contributed by atoms with E-state index in [0.29, 0.717) is 6.10 Å². The average Bonchev–Trinajstić information content (AvgIpc) is 2.23. The summed E-state index contributed by atoms with van der Waals surface area (Å²) in [5, 5.41) is 3.30. The first-order valence-corrected chi connectivity index (χ1v) is 5.00. The molecule has 1 fully saturated rings. The van der Waals surface area contributed by atoms with Crippen molar-refractivity contribution in [3.8, 4) is 5.88 Å². The minimum Gasteiger partial charge on any atom is -0.474 e. The van der Waals surface area contributed by atoms with E-state index >= 15 is 0 Å². The number of rotatable bonds is 2. The summed E-state index contributed by atoms with van der Waals surface area (Å²) >= 11 is 0. The Bertz CT molecular complexity index is 297. The second-order valence-corrected chi connectivity index (χ2v) is 3.58. The van der Waals surface area contributed by atoms with Gasteiger partial charge in [-0.1, -0.05) is 0 Å². The summed E-state index contributed by atoms with van der Waals surface area (Å²) in [4.78, 5) is 8.05. The zero-order valence-corrected chi connectivity index (χ0v) is 8.36. The lowest BCUT2D eigenvalue weighted by Crippen LogP contribution is -2.34. The van der Waals surface area contributed by atoms with E-state index in [0.717, 1.165) is 37.4 Å². The predicted molar refractivity (Wildman–Crippen MR) is 53.3 cm³/mol. The van der Waals surface area contributed by atoms with Crippen molar-refractivity contribution >= 4 is 0 Å². The maximum atomic E-state index is 5.79. The highest BCUT2D eigenvalue weighted by molar-refractivity contribution is 5.20. The van der Waals surface area contributed by atoms with Gasteiger partial charge in [-0.3, -0.25) is 0 Å². The molecule has 1 aliphatic heterocycles. The van der Waals surface area contributed by atoms with Crippen molar-refractivity contribution < 1.29 is 4.74 Å². The fourth-order valence-corrected chi connectivity index (χ4v) is 1.58. The molecule has 1 aromatic rings. The molecule has 1 aromatic heterocycles. The molecule has 0 unspecified atom stereocenters. The van der Waals surface area contributed by atoms with E-state index in [4.69, 9.17) is 4.74 Å². The van der Waals surface area contributed by atoms with Crippen LogP contribution < -0.4 is 10.1 Å². The number of aromatic nitrogens is 2. The summed E-state index contributed by atoms with van der Waals surface area (Å²) in [7, 11) is 0. The molecule has 0 spiro atoms. The van der Waals surface area contributed by atoms with Gasteiger partial charge in [0.15, 0.2) is 0 Å². The minimum atomic E-state index is 0.310. The van der Waals surface area contributed by atoms with Crippen LogP contribution in [0, 0.1) is 6.92 Å². The number of piperidine rings is 1. The fraction of sp³-hybridized carbons (Fsp3) is 0.600. The number of nitrogens with one attached hydrogen (secondary N) is 1. The second kappa shape index (κ2) is 4.37. The predicted octanol–water partition coefficient (Wildman–Crippen LogP) is 0.916. The van der Waals surface area contributed by atoms with Crippen LogP contribution in [0.4, 0.5) is 0 Å². The van der Waals surface area contributed by atoms with Crippen LogP contribution in [0.15, 0.2) is 12.5 Å². The van der Waals surface area contributed by atoms with E-state index in [1.807, 2.05) is 6.92 Å². The molecular formula is C10H15N3O. The first-order valence-electron chi connectivity index (χ1n) is 5.00. The van der Waals surface area contributed by atoms with Gasteiger partial charge in [-0.05, 0) is 32.9 Å². The Balaban J connectivity index is 1.99. The van der Waals surface area contributed by atoms with Crippen LogP contribution in [-0.2, 0) is 0 Å². The standard InChI is InChI=1S/C10H15N3O/c1-8-6-12-7-13-10(8)14-9-2-4-11-5-3-9/h6-7,9,11H,2-5H2,1H3. The molecule has 2 rings (SSSR count). The highest BCUT2D eigenvalue weighted by Gasteiger charge is 2.15. The smallest absolute Gasteiger partial charge is 0.219 e. The average molecular weight is 193 g/mol. The van der Waals surface area contributed by atoms with Crippen molar-refractivity contribution in [2.75, 3.05) is 13.1 Å². The summed E-state index contributed by atoms with van der Waals surface area (Å²) in [6.07, 6.45) is 5.74. The first kappa shape index (κ1) is 9.40. The molecule has 1 N–H and O–H groups in total. The van der Waals surface area contributed by atoms with Crippen LogP contribution in [-0.4, -0.2) is 29.2 Å². The lowest BCUT2D eigenvalue weighted by atomic mass is 10.1. The SMILES string of the molecule is Cc1cncnc1OC1CCNCC1. The molecule has 1 aliphatic rings. The van der Waals surface area contributed by atoms with Crippen LogP contribution in [0.3, 0.4) is 0 Å². The van der Waals surface area contributed by atoms with Crippen molar-refractivity contribution in [2.24, 2.45) is 0 Å². The third kappa shape index (κ3) is 2.20. The van der Waals surface area contributed by atoms with Gasteiger partial charge in [0.25, 0.3) is 0 Å². The van der Waals surface area contributed by atoms with Gasteiger partial charge in [-0.25, -0.2) is 9.97 Å². The van der Waals surface area contributed by atoms with E-state index < -0.39 is 0 Å². The third-order valence-corrected chi connectivity index (χ3v) is 2.41. The molecule has 2 heterocycles. The van der Waals surface area contributed by atoms with Crippen LogP contribution in [0.1, 0.15) is 18.4 Å². The Labute approximate surface area is 83.7 Å². The number of ether oxygens (including phenoxy) is 1. The Morgan fingerprint density at radius 3 is 2.93 bits per heavy atom. The van der Waals surface area contributed by atoms with E-state index in [-0.39, 0.29) is 0 Å². The normalized spacial score (nSPS) is 18.1. The van der Waals surface area contributed by atoms with Crippen LogP contribution >= 0.6 is 0 Å². The minimum absolute atomic E-state index is 0.310. The molecule has 0 bridgehead atoms. The Hall–Kier alpha value is -1.16. The van der Waals surface area contributed by atoms with Crippen LogP contribution in [0.25, 0.3) is 0 Å². The fourth-order valence-electron chi connectivity index (χ4n) is 1.58. The molecule has 4 heteroatoms. The Kier molecular flexibility index (Phi) is 2.93. The molecule has 14 heavy (non-hydrogen) atoms. The maximum absolute atomic E-state index is 5.79. The number of aryl methyl sites for hydroxylation is 1. The molecule has 0 aliphatic carbocycles. The monoisotopic (exact) mass is 193 g/mol. The highest BCUT2D eigenvalue weighted by Crippen LogP contribution is 2.16. The Morgan fingerprint density at radius 2 is 2.21 bits per heavy atom. The molecule has 0 amide bonds. The van der Waals surface area contributed by atoms with Crippen LogP contribution in [0.2, 0.25) is 0 Å². The van der Waals surface area contributed by atoms with Crippen molar-refractivity contribution in [3.63, 3.8) is 0 Å². The number of nitrogens with zero attached hydrogens (tertiary/aromatic N) is 2. The van der Waals surface area contributed by atoms with Gasteiger partial charge >= 0.3 is 0 Å². The summed E-state index contributed by atoms with van der Waals surface area (Å²) in [6, 6.07) is 0. The molecule has 1 saturated heterocycles. The summed E-state index contributed by atoms with van der Waals surface area (Å²) < 4.78 is 5.79. The summed E-state index contributed by atoms with van der Waals surface area (Å²) in [6.45, 7) is 4.04. The highest BCUT2D eigenvalue weighted by atomic mass is 16.5. The Morgan fingerprint density at radius 1 is 1.43 bits per heavy atom. The van der Waals surface area contributed by atoms with Gasteiger partial charge in [-0.15, -0.1) is 0 Å². The van der Waals surface area contributed by atoms with Crippen molar-refractivity contribution in [3.05, 3.63) is 18.1 Å². The molecule has 0 radical (unpaired) electrons. The van der Waals surface area contributed by atoms with Gasteiger partial charge in [0, 0.05) is 11.8 Å². The van der Waals surface area contributed by atoms with Crippen molar-refractivity contribution in [2.45, 2.75) is 25.9 Å². The number of hydrogen-bond donors (Lipinski definition) is 1. The van der Waals surface area contributed by atoms with Crippen LogP contribution in [0.5, 0.6) is 5.88 Å². The van der Waals surface area contributed by atoms with Gasteiger partial charge in [-0.2, -0.15) is 0 Å². The van der Waals surface area contributed by atoms with Gasteiger partial charge < -0.3 is 10.1 Å². The largest absolute Gasteiger partial charge is 0.474 e. The molecule has 0 saturated carbocycles. The van der Waals surface area contributed by atoms with Crippen molar-refractivity contribution in [1.82, 2.24) is 15.3 Å². The third-order valence-electron chi connectivity index (χ3n) is 2.41. The first-order chi connectivity index (χ1) is 6.86. The quantitative estimate of drug-likeness (QED) is 0.758. The molecule has 76 valence electrons. The number of hydrogen-bond acceptors (Lipinski definition) is 4. The van der Waals surface area contributed by atoms with Gasteiger partial charge in [0.05, 0.1) is 0 Å². The zero-order chi connectivity index (χ0) is 9.80. The summed E-state index contributed by atoms with van der Waals surface area (Å²) in [5.41, 5.74) is 1.01. The summed E-state index contributed by atoms with van der Waals surface area (Å²) in [5.74, 6) is 0.729. The van der Waals surface area contributed by atoms with Crippen molar-refractivity contribution in [1.29, 1.82) is 0 Å². The molecule has 4 nitrogen and oxygen atoms in total. The molecule has 0 atom stereocenters. The lowest BCUT2D eigenvalue weighted by Gasteiger charge is -2.23. The molecular weight excluding hydrogens is 178 g/mol. The topological polar surface area (TPSA) is 47.0 Å². The van der Waals surface area contributed by atoms with E-state index in [1.54, 1.807) is 6.20 Å². The maximum Gasteiger partial charge on any atom is 0.219 e. The van der Waals surface area contributed by atoms with E-state index in [9.17, 15) is 0 Å². The second-order valence-electron chi connectivity index (χ2n) is 3.58.